The highest BCUT2D eigenvalue weighted by atomic mass is 16.2. The predicted molar refractivity (Wildman–Crippen MR) is 102 cm³/mol. The van der Waals surface area contributed by atoms with Crippen molar-refractivity contribution in [3.8, 4) is 0 Å². The number of carbonyl (C=O) groups excluding carboxylic acids is 1. The van der Waals surface area contributed by atoms with Gasteiger partial charge in [0.15, 0.2) is 0 Å². The molecule has 0 aliphatic carbocycles. The fourth-order valence-corrected chi connectivity index (χ4v) is 3.90. The van der Waals surface area contributed by atoms with Crippen LogP contribution >= 0.6 is 0 Å². The van der Waals surface area contributed by atoms with Gasteiger partial charge in [-0.3, -0.25) is 4.79 Å². The minimum absolute atomic E-state index is 0.119. The zero-order chi connectivity index (χ0) is 17.1. The standard InChI is InChI=1S/C21H25N3O/c25-21(18-11-12-22-15-18)24-14-6-13-23(16-17-7-2-1-3-8-17)19-9-4-5-10-20(19)24/h1-5,7-10,18,22H,6,11-16H2. The van der Waals surface area contributed by atoms with Crippen molar-refractivity contribution >= 4 is 17.3 Å². The molecule has 1 amide bonds. The Morgan fingerprint density at radius 1 is 1.00 bits per heavy atom. The van der Waals surface area contributed by atoms with Crippen LogP contribution in [0.1, 0.15) is 18.4 Å². The molecular weight excluding hydrogens is 310 g/mol. The summed E-state index contributed by atoms with van der Waals surface area (Å²) in [5.41, 5.74) is 3.54. The SMILES string of the molecule is O=C(C1CCNC1)N1CCCN(Cc2ccccc2)c2ccccc21. The second-order valence-electron chi connectivity index (χ2n) is 6.93. The molecule has 25 heavy (non-hydrogen) atoms. The monoisotopic (exact) mass is 335 g/mol. The van der Waals surface area contributed by atoms with Crippen LogP contribution in [0, 0.1) is 5.92 Å². The molecule has 1 saturated heterocycles. The summed E-state index contributed by atoms with van der Waals surface area (Å²) >= 11 is 0. The van der Waals surface area contributed by atoms with Crippen molar-refractivity contribution in [3.63, 3.8) is 0 Å². The fourth-order valence-electron chi connectivity index (χ4n) is 3.90. The molecule has 2 aliphatic heterocycles. The summed E-state index contributed by atoms with van der Waals surface area (Å²) in [5.74, 6) is 0.396. The van der Waals surface area contributed by atoms with Crippen LogP contribution in [0.5, 0.6) is 0 Å². The van der Waals surface area contributed by atoms with Crippen molar-refractivity contribution in [2.45, 2.75) is 19.4 Å². The van der Waals surface area contributed by atoms with Gasteiger partial charge in [-0.2, -0.15) is 0 Å². The van der Waals surface area contributed by atoms with Gasteiger partial charge < -0.3 is 15.1 Å². The molecule has 4 rings (SSSR count). The number of rotatable bonds is 3. The van der Waals surface area contributed by atoms with E-state index in [1.54, 1.807) is 0 Å². The molecule has 0 radical (unpaired) electrons. The quantitative estimate of drug-likeness (QED) is 0.936. The van der Waals surface area contributed by atoms with Gasteiger partial charge >= 0.3 is 0 Å². The summed E-state index contributed by atoms with van der Waals surface area (Å²) in [6, 6.07) is 18.9. The van der Waals surface area contributed by atoms with E-state index >= 15 is 0 Å². The Hall–Kier alpha value is -2.33. The van der Waals surface area contributed by atoms with E-state index in [2.05, 4.69) is 58.7 Å². The number of fused-ring (bicyclic) bond motifs is 1. The number of hydrogen-bond donors (Lipinski definition) is 1. The summed E-state index contributed by atoms with van der Waals surface area (Å²) < 4.78 is 0. The Labute approximate surface area is 149 Å². The zero-order valence-corrected chi connectivity index (χ0v) is 14.5. The summed E-state index contributed by atoms with van der Waals surface area (Å²) in [5, 5.41) is 3.32. The number of nitrogens with one attached hydrogen (secondary N) is 1. The van der Waals surface area contributed by atoms with Gasteiger partial charge in [0.25, 0.3) is 0 Å². The second kappa shape index (κ2) is 7.28. The summed E-state index contributed by atoms with van der Waals surface area (Å²) in [7, 11) is 0. The molecular formula is C21H25N3O. The molecule has 1 fully saturated rings. The number of para-hydroxylation sites is 2. The molecule has 2 aromatic carbocycles. The molecule has 1 N–H and O–H groups in total. The minimum Gasteiger partial charge on any atom is -0.365 e. The first kappa shape index (κ1) is 16.2. The molecule has 0 saturated carbocycles. The van der Waals surface area contributed by atoms with E-state index in [1.807, 2.05) is 11.0 Å². The zero-order valence-electron chi connectivity index (χ0n) is 14.5. The number of benzene rings is 2. The van der Waals surface area contributed by atoms with Crippen LogP contribution < -0.4 is 15.1 Å². The summed E-state index contributed by atoms with van der Waals surface area (Å²) in [4.78, 5) is 17.5. The average molecular weight is 335 g/mol. The first-order chi connectivity index (χ1) is 12.3. The van der Waals surface area contributed by atoms with Crippen LogP contribution in [-0.2, 0) is 11.3 Å². The van der Waals surface area contributed by atoms with E-state index in [0.29, 0.717) is 0 Å². The molecule has 2 aliphatic rings. The first-order valence-electron chi connectivity index (χ1n) is 9.23. The third-order valence-corrected chi connectivity index (χ3v) is 5.21. The Morgan fingerprint density at radius 2 is 1.76 bits per heavy atom. The van der Waals surface area contributed by atoms with Gasteiger partial charge in [-0.1, -0.05) is 42.5 Å². The number of anilines is 2. The molecule has 4 nitrogen and oxygen atoms in total. The van der Waals surface area contributed by atoms with Crippen molar-refractivity contribution in [1.29, 1.82) is 0 Å². The van der Waals surface area contributed by atoms with E-state index < -0.39 is 0 Å². The van der Waals surface area contributed by atoms with Crippen molar-refractivity contribution in [3.05, 3.63) is 60.2 Å². The third-order valence-electron chi connectivity index (χ3n) is 5.21. The number of amides is 1. The van der Waals surface area contributed by atoms with Crippen molar-refractivity contribution in [1.82, 2.24) is 5.32 Å². The lowest BCUT2D eigenvalue weighted by molar-refractivity contribution is -0.121. The molecule has 4 heteroatoms. The lowest BCUT2D eigenvalue weighted by Crippen LogP contribution is -2.37. The first-order valence-corrected chi connectivity index (χ1v) is 9.23. The van der Waals surface area contributed by atoms with Gasteiger partial charge in [0.2, 0.25) is 5.91 Å². The van der Waals surface area contributed by atoms with Gasteiger partial charge in [-0.25, -0.2) is 0 Å². The van der Waals surface area contributed by atoms with Crippen molar-refractivity contribution < 1.29 is 4.79 Å². The van der Waals surface area contributed by atoms with Gasteiger partial charge in [-0.05, 0) is 37.1 Å². The van der Waals surface area contributed by atoms with Gasteiger partial charge in [0.1, 0.15) is 0 Å². The lowest BCUT2D eigenvalue weighted by Gasteiger charge is -2.28. The highest BCUT2D eigenvalue weighted by Crippen LogP contribution is 2.34. The molecule has 2 heterocycles. The molecule has 1 atom stereocenters. The Morgan fingerprint density at radius 3 is 2.52 bits per heavy atom. The van der Waals surface area contributed by atoms with E-state index in [4.69, 9.17) is 0 Å². The molecule has 0 bridgehead atoms. The predicted octanol–water partition coefficient (Wildman–Crippen LogP) is 3.04. The smallest absolute Gasteiger partial charge is 0.231 e. The maximum atomic E-state index is 13.0. The van der Waals surface area contributed by atoms with E-state index in [1.165, 1.54) is 11.3 Å². The molecule has 2 aromatic rings. The summed E-state index contributed by atoms with van der Waals surface area (Å²) in [6.45, 7) is 4.42. The highest BCUT2D eigenvalue weighted by Gasteiger charge is 2.31. The highest BCUT2D eigenvalue weighted by molar-refractivity contribution is 5.98. The van der Waals surface area contributed by atoms with Crippen LogP contribution in [0.3, 0.4) is 0 Å². The molecule has 0 aromatic heterocycles. The Bertz CT molecular complexity index is 725. The maximum absolute atomic E-state index is 13.0. The molecule has 1 unspecified atom stereocenters. The van der Waals surface area contributed by atoms with Gasteiger partial charge in [0, 0.05) is 26.2 Å². The number of hydrogen-bond acceptors (Lipinski definition) is 3. The Kier molecular flexibility index (Phi) is 4.70. The van der Waals surface area contributed by atoms with E-state index in [-0.39, 0.29) is 11.8 Å². The number of nitrogens with zero attached hydrogens (tertiary/aromatic N) is 2. The van der Waals surface area contributed by atoms with Gasteiger partial charge in [0.05, 0.1) is 17.3 Å². The van der Waals surface area contributed by atoms with Crippen molar-refractivity contribution in [2.75, 3.05) is 36.0 Å². The summed E-state index contributed by atoms with van der Waals surface area (Å²) in [6.07, 6.45) is 1.94. The Balaban J connectivity index is 1.63. The van der Waals surface area contributed by atoms with Crippen molar-refractivity contribution in [2.24, 2.45) is 5.92 Å². The van der Waals surface area contributed by atoms with Crippen LogP contribution in [-0.4, -0.2) is 32.1 Å². The van der Waals surface area contributed by atoms with E-state index in [9.17, 15) is 4.79 Å². The largest absolute Gasteiger partial charge is 0.365 e. The van der Waals surface area contributed by atoms with Crippen LogP contribution in [0.25, 0.3) is 0 Å². The van der Waals surface area contributed by atoms with Gasteiger partial charge in [-0.15, -0.1) is 0 Å². The van der Waals surface area contributed by atoms with Crippen LogP contribution in [0.15, 0.2) is 54.6 Å². The molecule has 130 valence electrons. The molecule has 0 spiro atoms. The normalized spacial score (nSPS) is 20.2. The second-order valence-corrected chi connectivity index (χ2v) is 6.93. The minimum atomic E-state index is 0.119. The fraction of sp³-hybridized carbons (Fsp3) is 0.381. The number of carbonyl (C=O) groups is 1. The topological polar surface area (TPSA) is 35.6 Å². The van der Waals surface area contributed by atoms with Crippen LogP contribution in [0.2, 0.25) is 0 Å². The lowest BCUT2D eigenvalue weighted by atomic mass is 10.1. The maximum Gasteiger partial charge on any atom is 0.231 e. The van der Waals surface area contributed by atoms with E-state index in [0.717, 1.165) is 51.3 Å². The average Bonchev–Trinajstić information content (AvgIpc) is 3.13. The third kappa shape index (κ3) is 3.40. The van der Waals surface area contributed by atoms with Crippen LogP contribution in [0.4, 0.5) is 11.4 Å².